The van der Waals surface area contributed by atoms with Crippen molar-refractivity contribution < 1.29 is 29.0 Å². The van der Waals surface area contributed by atoms with Crippen molar-refractivity contribution in [1.82, 2.24) is 19.7 Å². The lowest BCUT2D eigenvalue weighted by atomic mass is 9.33. The summed E-state index contributed by atoms with van der Waals surface area (Å²) in [4.78, 5) is 58.6. The first-order valence-corrected chi connectivity index (χ1v) is 22.3. The Hall–Kier alpha value is -3.44. The molecule has 2 heterocycles. The first kappa shape index (κ1) is 43.6. The summed E-state index contributed by atoms with van der Waals surface area (Å²) in [5.74, 6) is 0.652. The van der Waals surface area contributed by atoms with Gasteiger partial charge in [0, 0.05) is 23.8 Å². The van der Waals surface area contributed by atoms with Gasteiger partial charge >= 0.3 is 11.9 Å². The number of allylic oxidation sites excluding steroid dienone is 2. The molecule has 11 nitrogen and oxygen atoms in total. The number of rotatable bonds is 11. The second-order valence-electron chi connectivity index (χ2n) is 21.0. The molecule has 2 N–H and O–H groups in total. The second-order valence-corrected chi connectivity index (χ2v) is 21.4. The predicted molar refractivity (Wildman–Crippen MR) is 228 cm³/mol. The van der Waals surface area contributed by atoms with Gasteiger partial charge in [-0.2, -0.15) is 4.68 Å². The van der Waals surface area contributed by atoms with Crippen LogP contribution in [0.5, 0.6) is 5.75 Å². The lowest BCUT2D eigenvalue weighted by Crippen LogP contribution is -2.66. The summed E-state index contributed by atoms with van der Waals surface area (Å²) in [6.07, 6.45) is 8.77. The Morgan fingerprint density at radius 3 is 2.32 bits per heavy atom. The van der Waals surface area contributed by atoms with E-state index in [9.17, 15) is 24.3 Å². The smallest absolute Gasteiger partial charge is 0.309 e. The third-order valence-corrected chi connectivity index (χ3v) is 17.4. The summed E-state index contributed by atoms with van der Waals surface area (Å²) in [6, 6.07) is 3.57. The maximum Gasteiger partial charge on any atom is 0.309 e. The highest BCUT2D eigenvalue weighted by atomic mass is 35.5. The molecule has 0 spiro atoms. The van der Waals surface area contributed by atoms with Gasteiger partial charge < -0.3 is 19.9 Å². The molecule has 7 rings (SSSR count). The fourth-order valence-corrected chi connectivity index (χ4v) is 14.3. The molecule has 0 radical (unpaired) electrons. The zero-order valence-electron chi connectivity index (χ0n) is 37.2. The fraction of sp³-hybridized carbons (Fsp3) is 0.723. The van der Waals surface area contributed by atoms with Crippen LogP contribution >= 0.6 is 11.6 Å². The zero-order valence-corrected chi connectivity index (χ0v) is 38.0. The molecule has 5 aliphatic rings. The van der Waals surface area contributed by atoms with E-state index in [0.29, 0.717) is 49.3 Å². The molecule has 0 amide bonds. The van der Waals surface area contributed by atoms with Gasteiger partial charge in [-0.05, 0) is 135 Å². The topological polar surface area (TPSA) is 142 Å². The molecule has 0 bridgehead atoms. The van der Waals surface area contributed by atoms with E-state index < -0.39 is 22.8 Å². The van der Waals surface area contributed by atoms with Gasteiger partial charge in [-0.25, -0.2) is 4.98 Å². The molecule has 59 heavy (non-hydrogen) atoms. The SMILES string of the molecule is CNCCn1c([C@@]23CC[C@]4(C)[C@H](CC[C@@H]5[C@@]6(C)CC[C@H](OC(=O)CC(C)(C)C(=O)O)C(C)(C)[C@@H]6CC[C@]54C)C2=C(C(C)C)C(=O)C3)c(Cl)c(=O)n1-c1ccc(OC)cn1. The van der Waals surface area contributed by atoms with Crippen LogP contribution in [-0.4, -0.2) is 64.0 Å². The van der Waals surface area contributed by atoms with E-state index >= 15 is 0 Å². The van der Waals surface area contributed by atoms with Gasteiger partial charge in [0.05, 0.1) is 37.4 Å². The van der Waals surface area contributed by atoms with Gasteiger partial charge in [0.15, 0.2) is 11.6 Å². The minimum Gasteiger partial charge on any atom is -0.495 e. The molecule has 324 valence electrons. The molecule has 8 atom stereocenters. The number of pyridine rings is 1. The fourth-order valence-electron chi connectivity index (χ4n) is 14.0. The lowest BCUT2D eigenvalue weighted by molar-refractivity contribution is -0.232. The van der Waals surface area contributed by atoms with Crippen molar-refractivity contribution in [3.05, 3.63) is 50.5 Å². The highest BCUT2D eigenvalue weighted by Gasteiger charge is 2.71. The summed E-state index contributed by atoms with van der Waals surface area (Å²) in [6.45, 7) is 20.5. The van der Waals surface area contributed by atoms with E-state index in [1.54, 1.807) is 44.0 Å². The number of carboxylic acids is 1. The predicted octanol–water partition coefficient (Wildman–Crippen LogP) is 8.56. The molecule has 4 fully saturated rings. The number of nitrogens with one attached hydrogen (secondary N) is 1. The number of carbonyl (C=O) groups excluding carboxylic acids is 2. The van der Waals surface area contributed by atoms with Gasteiger partial charge in [-0.3, -0.25) is 23.9 Å². The summed E-state index contributed by atoms with van der Waals surface area (Å²) >= 11 is 7.32. The first-order chi connectivity index (χ1) is 27.6. The molecule has 0 aliphatic heterocycles. The Bertz CT molecular complexity index is 2120. The number of carboxylic acid groups (broad SMARTS) is 1. The Balaban J connectivity index is 1.28. The third kappa shape index (κ3) is 6.39. The van der Waals surface area contributed by atoms with Crippen molar-refractivity contribution in [2.75, 3.05) is 20.7 Å². The molecule has 12 heteroatoms. The van der Waals surface area contributed by atoms with E-state index in [4.69, 9.17) is 21.1 Å². The summed E-state index contributed by atoms with van der Waals surface area (Å²) in [7, 11) is 3.47. The van der Waals surface area contributed by atoms with Crippen molar-refractivity contribution >= 4 is 29.3 Å². The standard InChI is InChI=1S/C47H67ClN4O7/c1-27(2)36-30(53)24-47(39-38(48)40(55)52(51(39)23-22-49-10)34-15-12-28(58-11)26-50-34)21-20-45(8)29(37(36)47)13-14-32-44(7)18-17-33(59-35(54)25-42(3,4)41(56)57)43(5,6)31(44)16-19-46(32,45)9/h12,15,26-27,29,31-33,49H,13-14,16-25H2,1-11H3,(H,56,57)/t29-,31+,32-,33+,44+,45-,46-,47-/m1/s1. The number of hydrogen-bond acceptors (Lipinski definition) is 8. The van der Waals surface area contributed by atoms with Crippen LogP contribution in [0.1, 0.15) is 132 Å². The summed E-state index contributed by atoms with van der Waals surface area (Å²) in [5, 5.41) is 13.1. The number of hydrogen-bond donors (Lipinski definition) is 2. The average Bonchev–Trinajstić information content (AvgIpc) is 3.61. The van der Waals surface area contributed by atoms with Crippen molar-refractivity contribution in [1.29, 1.82) is 0 Å². The molecule has 0 aromatic carbocycles. The first-order valence-electron chi connectivity index (χ1n) is 21.9. The average molecular weight is 836 g/mol. The minimum absolute atomic E-state index is 0.00252. The molecule has 0 saturated heterocycles. The van der Waals surface area contributed by atoms with E-state index in [1.807, 2.05) is 11.7 Å². The molecule has 2 aromatic rings. The summed E-state index contributed by atoms with van der Waals surface area (Å²) in [5.41, 5.74) is 0.206. The maximum absolute atomic E-state index is 14.6. The van der Waals surface area contributed by atoms with Crippen molar-refractivity contribution in [3.63, 3.8) is 0 Å². The van der Waals surface area contributed by atoms with Crippen LogP contribution in [0, 0.1) is 50.7 Å². The monoisotopic (exact) mass is 834 g/mol. The van der Waals surface area contributed by atoms with Crippen LogP contribution in [0.2, 0.25) is 5.02 Å². The number of ether oxygens (including phenoxy) is 2. The van der Waals surface area contributed by atoms with E-state index in [0.717, 1.165) is 56.2 Å². The van der Waals surface area contributed by atoms with E-state index in [2.05, 4.69) is 58.8 Å². The number of fused-ring (bicyclic) bond motifs is 7. The van der Waals surface area contributed by atoms with Gasteiger partial charge in [0.25, 0.3) is 5.56 Å². The Morgan fingerprint density at radius 2 is 1.71 bits per heavy atom. The molecule has 0 unspecified atom stereocenters. The normalized spacial score (nSPS) is 33.9. The van der Waals surface area contributed by atoms with Crippen molar-refractivity contribution in [3.8, 4) is 11.6 Å². The third-order valence-electron chi connectivity index (χ3n) is 17.1. The molecule has 5 aliphatic carbocycles. The van der Waals surface area contributed by atoms with E-state index in [1.165, 1.54) is 5.57 Å². The van der Waals surface area contributed by atoms with Crippen LogP contribution in [-0.2, 0) is 31.1 Å². The number of Topliss-reactive ketones (excluding diaryl/α,β-unsaturated/α-hetero) is 1. The largest absolute Gasteiger partial charge is 0.495 e. The highest BCUT2D eigenvalue weighted by molar-refractivity contribution is 6.31. The number of methoxy groups -OCH3 is 1. The number of likely N-dealkylation sites (N-methyl/N-ethyl adjacent to an activating group) is 1. The number of carbonyl (C=O) groups is 3. The lowest BCUT2D eigenvalue weighted by Gasteiger charge is -2.72. The highest BCUT2D eigenvalue weighted by Crippen LogP contribution is 2.77. The van der Waals surface area contributed by atoms with Gasteiger partial charge in [-0.1, -0.05) is 60.1 Å². The Morgan fingerprint density at radius 1 is 1.00 bits per heavy atom. The van der Waals surface area contributed by atoms with Crippen LogP contribution in [0.4, 0.5) is 0 Å². The van der Waals surface area contributed by atoms with Crippen LogP contribution < -0.4 is 15.6 Å². The number of ketones is 1. The summed E-state index contributed by atoms with van der Waals surface area (Å²) < 4.78 is 15.2. The number of aliphatic carboxylic acids is 1. The molecular formula is C47H67ClN4O7. The second kappa shape index (κ2) is 14.9. The van der Waals surface area contributed by atoms with Gasteiger partial charge in [0.2, 0.25) is 0 Å². The van der Waals surface area contributed by atoms with Crippen molar-refractivity contribution in [2.45, 2.75) is 145 Å². The zero-order chi connectivity index (χ0) is 43.2. The minimum atomic E-state index is -1.19. The number of aromatic nitrogens is 3. The molecule has 4 saturated carbocycles. The number of halogens is 1. The van der Waals surface area contributed by atoms with Crippen molar-refractivity contribution in [2.24, 2.45) is 50.7 Å². The number of esters is 1. The quantitative estimate of drug-likeness (QED) is 0.213. The van der Waals surface area contributed by atoms with E-state index in [-0.39, 0.29) is 62.4 Å². The Labute approximate surface area is 355 Å². The molecule has 2 aromatic heterocycles. The Kier molecular flexibility index (Phi) is 11.0. The molecular weight excluding hydrogens is 768 g/mol. The van der Waals surface area contributed by atoms with Gasteiger partial charge in [-0.15, -0.1) is 0 Å². The van der Waals surface area contributed by atoms with Crippen LogP contribution in [0.3, 0.4) is 0 Å². The maximum atomic E-state index is 14.6. The van der Waals surface area contributed by atoms with Gasteiger partial charge in [0.1, 0.15) is 16.9 Å². The van der Waals surface area contributed by atoms with Crippen LogP contribution in [0.25, 0.3) is 5.82 Å². The van der Waals surface area contributed by atoms with Crippen LogP contribution in [0.15, 0.2) is 34.3 Å². The number of nitrogens with zero attached hydrogens (tertiary/aromatic N) is 3.